The van der Waals surface area contributed by atoms with Crippen molar-refractivity contribution in [1.82, 2.24) is 9.80 Å². The fourth-order valence-corrected chi connectivity index (χ4v) is 3.03. The van der Waals surface area contributed by atoms with Gasteiger partial charge >= 0.3 is 0 Å². The first-order valence-electron chi connectivity index (χ1n) is 7.16. The van der Waals surface area contributed by atoms with E-state index in [0.717, 1.165) is 31.6 Å². The Bertz CT molecular complexity index is 455. The standard InChI is InChI=1S/C15H23ClFN3/c1-3-12-10-20(7-6-19(12)2)15(9-18)11-4-5-13(16)14(17)8-11/h4-5,8,12,15H,3,6-7,9-10,18H2,1-2H3. The zero-order valence-corrected chi connectivity index (χ0v) is 12.9. The third-order valence-corrected chi connectivity index (χ3v) is 4.58. The van der Waals surface area contributed by atoms with Crippen molar-refractivity contribution in [3.63, 3.8) is 0 Å². The first-order valence-corrected chi connectivity index (χ1v) is 7.54. The predicted molar refractivity (Wildman–Crippen MR) is 81.5 cm³/mol. The summed E-state index contributed by atoms with van der Waals surface area (Å²) in [5, 5.41) is 0.161. The van der Waals surface area contributed by atoms with E-state index >= 15 is 0 Å². The van der Waals surface area contributed by atoms with Crippen molar-refractivity contribution in [3.05, 3.63) is 34.6 Å². The maximum absolute atomic E-state index is 13.6. The topological polar surface area (TPSA) is 32.5 Å². The maximum Gasteiger partial charge on any atom is 0.142 e. The Morgan fingerprint density at radius 1 is 1.45 bits per heavy atom. The van der Waals surface area contributed by atoms with Gasteiger partial charge in [0.25, 0.3) is 0 Å². The molecule has 1 aromatic rings. The maximum atomic E-state index is 13.6. The Morgan fingerprint density at radius 3 is 2.80 bits per heavy atom. The third-order valence-electron chi connectivity index (χ3n) is 4.27. The molecular formula is C15H23ClFN3. The van der Waals surface area contributed by atoms with Crippen LogP contribution >= 0.6 is 11.6 Å². The highest BCUT2D eigenvalue weighted by Crippen LogP contribution is 2.26. The van der Waals surface area contributed by atoms with Crippen molar-refractivity contribution < 1.29 is 4.39 Å². The van der Waals surface area contributed by atoms with Gasteiger partial charge in [-0.3, -0.25) is 4.90 Å². The molecule has 112 valence electrons. The molecule has 2 N–H and O–H groups in total. The van der Waals surface area contributed by atoms with Crippen LogP contribution in [-0.2, 0) is 0 Å². The normalized spacial score (nSPS) is 22.9. The molecule has 2 atom stereocenters. The molecule has 1 aliphatic heterocycles. The number of hydrogen-bond donors (Lipinski definition) is 1. The van der Waals surface area contributed by atoms with Gasteiger partial charge in [0.1, 0.15) is 5.82 Å². The van der Waals surface area contributed by atoms with Gasteiger partial charge in [0.15, 0.2) is 0 Å². The van der Waals surface area contributed by atoms with Gasteiger partial charge in [-0.05, 0) is 31.2 Å². The lowest BCUT2D eigenvalue weighted by Crippen LogP contribution is -2.53. The fourth-order valence-electron chi connectivity index (χ4n) is 2.91. The molecule has 1 aliphatic rings. The summed E-state index contributed by atoms with van der Waals surface area (Å²) in [6.45, 7) is 5.63. The van der Waals surface area contributed by atoms with Crippen molar-refractivity contribution >= 4 is 11.6 Å². The molecule has 2 rings (SSSR count). The number of piperazine rings is 1. The lowest BCUT2D eigenvalue weighted by atomic mass is 10.0. The summed E-state index contributed by atoms with van der Waals surface area (Å²) >= 11 is 5.75. The second kappa shape index (κ2) is 6.85. The highest BCUT2D eigenvalue weighted by molar-refractivity contribution is 6.30. The van der Waals surface area contributed by atoms with Gasteiger partial charge in [-0.2, -0.15) is 0 Å². The quantitative estimate of drug-likeness (QED) is 0.927. The number of likely N-dealkylation sites (N-methyl/N-ethyl adjacent to an activating group) is 1. The van der Waals surface area contributed by atoms with Crippen LogP contribution in [0.2, 0.25) is 5.02 Å². The monoisotopic (exact) mass is 299 g/mol. The highest BCUT2D eigenvalue weighted by Gasteiger charge is 2.28. The SMILES string of the molecule is CCC1CN(C(CN)c2ccc(Cl)c(F)c2)CCN1C. The Labute approximate surface area is 125 Å². The van der Waals surface area contributed by atoms with Gasteiger partial charge in [-0.25, -0.2) is 4.39 Å². The molecule has 1 aromatic carbocycles. The zero-order valence-electron chi connectivity index (χ0n) is 12.1. The van der Waals surface area contributed by atoms with E-state index in [2.05, 4.69) is 23.8 Å². The fraction of sp³-hybridized carbons (Fsp3) is 0.600. The smallest absolute Gasteiger partial charge is 0.142 e. The minimum atomic E-state index is -0.371. The Kier molecular flexibility index (Phi) is 5.38. The largest absolute Gasteiger partial charge is 0.329 e. The molecule has 0 spiro atoms. The van der Waals surface area contributed by atoms with Crippen molar-refractivity contribution in [2.45, 2.75) is 25.4 Å². The van der Waals surface area contributed by atoms with E-state index in [1.165, 1.54) is 6.07 Å². The van der Waals surface area contributed by atoms with Gasteiger partial charge in [0.05, 0.1) is 5.02 Å². The molecule has 1 heterocycles. The summed E-state index contributed by atoms with van der Waals surface area (Å²) in [5.74, 6) is -0.371. The van der Waals surface area contributed by atoms with Crippen LogP contribution in [0.15, 0.2) is 18.2 Å². The van der Waals surface area contributed by atoms with E-state index in [1.54, 1.807) is 6.07 Å². The highest BCUT2D eigenvalue weighted by atomic mass is 35.5. The molecule has 0 aromatic heterocycles. The molecule has 0 radical (unpaired) electrons. The van der Waals surface area contributed by atoms with E-state index in [1.807, 2.05) is 6.07 Å². The lowest BCUT2D eigenvalue weighted by Gasteiger charge is -2.42. The average Bonchev–Trinajstić information content (AvgIpc) is 2.45. The minimum Gasteiger partial charge on any atom is -0.329 e. The van der Waals surface area contributed by atoms with Crippen molar-refractivity contribution in [3.8, 4) is 0 Å². The van der Waals surface area contributed by atoms with Gasteiger partial charge in [-0.15, -0.1) is 0 Å². The molecule has 0 aliphatic carbocycles. The van der Waals surface area contributed by atoms with Crippen molar-refractivity contribution in [2.75, 3.05) is 33.2 Å². The van der Waals surface area contributed by atoms with Crippen LogP contribution < -0.4 is 5.73 Å². The first-order chi connectivity index (χ1) is 9.56. The Balaban J connectivity index is 2.17. The van der Waals surface area contributed by atoms with Crippen LogP contribution in [-0.4, -0.2) is 49.1 Å². The summed E-state index contributed by atoms with van der Waals surface area (Å²) in [6, 6.07) is 5.60. The number of nitrogens with zero attached hydrogens (tertiary/aromatic N) is 2. The minimum absolute atomic E-state index is 0.0597. The van der Waals surface area contributed by atoms with Crippen LogP contribution in [0.4, 0.5) is 4.39 Å². The van der Waals surface area contributed by atoms with Gasteiger partial charge in [0, 0.05) is 38.3 Å². The number of benzene rings is 1. The molecule has 0 saturated carbocycles. The summed E-state index contributed by atoms with van der Waals surface area (Å²) in [7, 11) is 2.16. The molecule has 2 unspecified atom stereocenters. The van der Waals surface area contributed by atoms with Crippen LogP contribution in [0.25, 0.3) is 0 Å². The van der Waals surface area contributed by atoms with E-state index < -0.39 is 0 Å². The van der Waals surface area contributed by atoms with Gasteiger partial charge in [0.2, 0.25) is 0 Å². The molecule has 20 heavy (non-hydrogen) atoms. The molecule has 1 fully saturated rings. The summed E-state index contributed by atoms with van der Waals surface area (Å²) < 4.78 is 13.6. The van der Waals surface area contributed by atoms with Crippen LogP contribution in [0.5, 0.6) is 0 Å². The van der Waals surface area contributed by atoms with E-state index in [-0.39, 0.29) is 16.9 Å². The number of rotatable bonds is 4. The van der Waals surface area contributed by atoms with E-state index in [4.69, 9.17) is 17.3 Å². The molecule has 0 amide bonds. The summed E-state index contributed by atoms with van der Waals surface area (Å²) in [4.78, 5) is 4.74. The van der Waals surface area contributed by atoms with Crippen molar-refractivity contribution in [1.29, 1.82) is 0 Å². The molecule has 1 saturated heterocycles. The van der Waals surface area contributed by atoms with Crippen LogP contribution in [0.3, 0.4) is 0 Å². The van der Waals surface area contributed by atoms with Crippen LogP contribution in [0, 0.1) is 5.82 Å². The number of halogens is 2. The van der Waals surface area contributed by atoms with Crippen LogP contribution in [0.1, 0.15) is 24.9 Å². The lowest BCUT2D eigenvalue weighted by molar-refractivity contribution is 0.0643. The van der Waals surface area contributed by atoms with E-state index in [9.17, 15) is 4.39 Å². The van der Waals surface area contributed by atoms with Gasteiger partial charge < -0.3 is 10.6 Å². The first kappa shape index (κ1) is 15.7. The van der Waals surface area contributed by atoms with Gasteiger partial charge in [-0.1, -0.05) is 24.6 Å². The second-order valence-electron chi connectivity index (χ2n) is 5.46. The molecular weight excluding hydrogens is 277 g/mol. The number of nitrogens with two attached hydrogens (primary N) is 1. The number of hydrogen-bond acceptors (Lipinski definition) is 3. The van der Waals surface area contributed by atoms with Crippen molar-refractivity contribution in [2.24, 2.45) is 5.73 Å². The molecule has 3 nitrogen and oxygen atoms in total. The average molecular weight is 300 g/mol. The third kappa shape index (κ3) is 3.31. The predicted octanol–water partition coefficient (Wildman–Crippen LogP) is 2.50. The second-order valence-corrected chi connectivity index (χ2v) is 5.87. The Morgan fingerprint density at radius 2 is 2.20 bits per heavy atom. The van der Waals surface area contributed by atoms with E-state index in [0.29, 0.717) is 12.6 Å². The summed E-state index contributed by atoms with van der Waals surface area (Å²) in [6.07, 6.45) is 1.11. The Hall–Kier alpha value is -0.680. The molecule has 5 heteroatoms. The molecule has 0 bridgehead atoms. The zero-order chi connectivity index (χ0) is 14.7. The summed E-state index contributed by atoms with van der Waals surface area (Å²) in [5.41, 5.74) is 6.85.